The molecular weight excluding hydrogens is 240 g/mol. The van der Waals surface area contributed by atoms with Gasteiger partial charge >= 0.3 is 0 Å². The van der Waals surface area contributed by atoms with Crippen LogP contribution in [0.25, 0.3) is 0 Å². The second-order valence-electron chi connectivity index (χ2n) is 4.21. The minimum absolute atomic E-state index is 0.0916. The number of anilines is 1. The lowest BCUT2D eigenvalue weighted by molar-refractivity contribution is 0.0963. The summed E-state index contributed by atoms with van der Waals surface area (Å²) in [7, 11) is 1.62. The number of benzene rings is 1. The maximum absolute atomic E-state index is 11.6. The first kappa shape index (κ1) is 13.0. The standard InChI is InChI=1S/C14H16N4O/c1-10-3-4-12(14(19)15-2)5-13(10)18-8-11-6-16-9-17-7-11/h3-7,9,18H,8H2,1-2H3,(H,15,19). The van der Waals surface area contributed by atoms with Crippen LogP contribution in [-0.2, 0) is 6.54 Å². The van der Waals surface area contributed by atoms with Crippen molar-refractivity contribution in [3.05, 3.63) is 53.6 Å². The third kappa shape index (κ3) is 3.28. The van der Waals surface area contributed by atoms with E-state index in [2.05, 4.69) is 20.6 Å². The van der Waals surface area contributed by atoms with E-state index in [4.69, 9.17) is 0 Å². The van der Waals surface area contributed by atoms with Gasteiger partial charge in [-0.3, -0.25) is 4.79 Å². The fraction of sp³-hybridized carbons (Fsp3) is 0.214. The minimum Gasteiger partial charge on any atom is -0.381 e. The number of hydrogen-bond acceptors (Lipinski definition) is 4. The number of nitrogens with zero attached hydrogens (tertiary/aromatic N) is 2. The molecule has 1 aromatic heterocycles. The Morgan fingerprint density at radius 1 is 1.26 bits per heavy atom. The smallest absolute Gasteiger partial charge is 0.251 e. The van der Waals surface area contributed by atoms with Gasteiger partial charge in [0.25, 0.3) is 5.91 Å². The summed E-state index contributed by atoms with van der Waals surface area (Å²) in [6.07, 6.45) is 5.02. The van der Waals surface area contributed by atoms with Gasteiger partial charge in [0.05, 0.1) is 0 Å². The van der Waals surface area contributed by atoms with Crippen LogP contribution in [0.3, 0.4) is 0 Å². The van der Waals surface area contributed by atoms with E-state index in [1.165, 1.54) is 6.33 Å². The topological polar surface area (TPSA) is 66.9 Å². The molecule has 1 aromatic carbocycles. The van der Waals surface area contributed by atoms with Gasteiger partial charge < -0.3 is 10.6 Å². The van der Waals surface area contributed by atoms with E-state index in [0.29, 0.717) is 12.1 Å². The lowest BCUT2D eigenvalue weighted by atomic mass is 10.1. The van der Waals surface area contributed by atoms with Crippen LogP contribution in [-0.4, -0.2) is 22.9 Å². The third-order valence-electron chi connectivity index (χ3n) is 2.82. The number of aromatic nitrogens is 2. The number of rotatable bonds is 4. The monoisotopic (exact) mass is 256 g/mol. The predicted octanol–water partition coefficient (Wildman–Crippen LogP) is 1.76. The predicted molar refractivity (Wildman–Crippen MR) is 73.9 cm³/mol. The maximum atomic E-state index is 11.6. The molecule has 98 valence electrons. The molecule has 0 atom stereocenters. The Morgan fingerprint density at radius 2 is 2.00 bits per heavy atom. The van der Waals surface area contributed by atoms with Gasteiger partial charge in [0.1, 0.15) is 6.33 Å². The number of aryl methyl sites for hydroxylation is 1. The largest absolute Gasteiger partial charge is 0.381 e. The zero-order valence-electron chi connectivity index (χ0n) is 11.0. The number of carbonyl (C=O) groups is 1. The van der Waals surface area contributed by atoms with E-state index >= 15 is 0 Å². The average molecular weight is 256 g/mol. The average Bonchev–Trinajstić information content (AvgIpc) is 2.46. The molecule has 19 heavy (non-hydrogen) atoms. The molecule has 0 unspecified atom stereocenters. The number of nitrogens with one attached hydrogen (secondary N) is 2. The van der Waals surface area contributed by atoms with Crippen molar-refractivity contribution < 1.29 is 4.79 Å². The van der Waals surface area contributed by atoms with Crippen molar-refractivity contribution in [3.63, 3.8) is 0 Å². The van der Waals surface area contributed by atoms with Gasteiger partial charge in [0.15, 0.2) is 0 Å². The van der Waals surface area contributed by atoms with Crippen molar-refractivity contribution >= 4 is 11.6 Å². The van der Waals surface area contributed by atoms with E-state index < -0.39 is 0 Å². The Bertz CT molecular complexity index is 569. The van der Waals surface area contributed by atoms with E-state index in [1.54, 1.807) is 19.4 Å². The minimum atomic E-state index is -0.0916. The fourth-order valence-electron chi connectivity index (χ4n) is 1.72. The molecule has 0 bridgehead atoms. The number of amides is 1. The molecule has 0 aliphatic carbocycles. The highest BCUT2D eigenvalue weighted by Crippen LogP contribution is 2.17. The summed E-state index contributed by atoms with van der Waals surface area (Å²) < 4.78 is 0. The van der Waals surface area contributed by atoms with E-state index in [0.717, 1.165) is 16.8 Å². The molecule has 2 aromatic rings. The molecule has 0 aliphatic rings. The van der Waals surface area contributed by atoms with Crippen molar-refractivity contribution in [2.45, 2.75) is 13.5 Å². The second-order valence-corrected chi connectivity index (χ2v) is 4.21. The SMILES string of the molecule is CNC(=O)c1ccc(C)c(NCc2cncnc2)c1. The normalized spacial score (nSPS) is 10.0. The van der Waals surface area contributed by atoms with Crippen LogP contribution in [0.5, 0.6) is 0 Å². The first-order valence-corrected chi connectivity index (χ1v) is 6.01. The number of hydrogen-bond donors (Lipinski definition) is 2. The van der Waals surface area contributed by atoms with Gasteiger partial charge in [-0.25, -0.2) is 9.97 Å². The Kier molecular flexibility index (Phi) is 4.07. The van der Waals surface area contributed by atoms with Crippen molar-refractivity contribution in [3.8, 4) is 0 Å². The van der Waals surface area contributed by atoms with E-state index in [-0.39, 0.29) is 5.91 Å². The maximum Gasteiger partial charge on any atom is 0.251 e. The van der Waals surface area contributed by atoms with Gasteiger partial charge in [-0.15, -0.1) is 0 Å². The molecule has 1 heterocycles. The van der Waals surface area contributed by atoms with Crippen LogP contribution in [0.15, 0.2) is 36.9 Å². The molecular formula is C14H16N4O. The van der Waals surface area contributed by atoms with Gasteiger partial charge in [0.2, 0.25) is 0 Å². The van der Waals surface area contributed by atoms with Gasteiger partial charge in [0, 0.05) is 42.8 Å². The first-order valence-electron chi connectivity index (χ1n) is 6.01. The summed E-state index contributed by atoms with van der Waals surface area (Å²) in [6, 6.07) is 5.58. The van der Waals surface area contributed by atoms with E-state index in [9.17, 15) is 4.79 Å². The summed E-state index contributed by atoms with van der Waals surface area (Å²) in [6.45, 7) is 2.62. The number of carbonyl (C=O) groups excluding carboxylic acids is 1. The molecule has 0 aliphatic heterocycles. The molecule has 0 saturated carbocycles. The van der Waals surface area contributed by atoms with Gasteiger partial charge in [-0.2, -0.15) is 0 Å². The lowest BCUT2D eigenvalue weighted by Crippen LogP contribution is -2.18. The van der Waals surface area contributed by atoms with Crippen molar-refractivity contribution in [2.75, 3.05) is 12.4 Å². The van der Waals surface area contributed by atoms with Crippen LogP contribution in [0.1, 0.15) is 21.5 Å². The Morgan fingerprint density at radius 3 is 2.68 bits per heavy atom. The summed E-state index contributed by atoms with van der Waals surface area (Å²) in [5.41, 5.74) is 3.65. The molecule has 2 N–H and O–H groups in total. The lowest BCUT2D eigenvalue weighted by Gasteiger charge is -2.11. The Balaban J connectivity index is 2.13. The highest BCUT2D eigenvalue weighted by atomic mass is 16.1. The van der Waals surface area contributed by atoms with Gasteiger partial charge in [-0.05, 0) is 24.6 Å². The summed E-state index contributed by atoms with van der Waals surface area (Å²) in [5, 5.41) is 5.90. The van der Waals surface area contributed by atoms with Crippen molar-refractivity contribution in [1.82, 2.24) is 15.3 Å². The molecule has 5 nitrogen and oxygen atoms in total. The van der Waals surface area contributed by atoms with Crippen molar-refractivity contribution in [1.29, 1.82) is 0 Å². The Labute approximate surface area is 112 Å². The molecule has 1 amide bonds. The highest BCUT2D eigenvalue weighted by molar-refractivity contribution is 5.95. The zero-order chi connectivity index (χ0) is 13.7. The van der Waals surface area contributed by atoms with E-state index in [1.807, 2.05) is 25.1 Å². The fourth-order valence-corrected chi connectivity index (χ4v) is 1.72. The van der Waals surface area contributed by atoms with Crippen LogP contribution >= 0.6 is 0 Å². The highest BCUT2D eigenvalue weighted by Gasteiger charge is 2.06. The molecule has 0 fully saturated rings. The Hall–Kier alpha value is -2.43. The molecule has 0 radical (unpaired) electrons. The second kappa shape index (κ2) is 5.95. The summed E-state index contributed by atoms with van der Waals surface area (Å²) in [5.74, 6) is -0.0916. The van der Waals surface area contributed by atoms with Gasteiger partial charge in [-0.1, -0.05) is 6.07 Å². The third-order valence-corrected chi connectivity index (χ3v) is 2.82. The van der Waals surface area contributed by atoms with Crippen LogP contribution in [0.4, 0.5) is 5.69 Å². The van der Waals surface area contributed by atoms with Crippen molar-refractivity contribution in [2.24, 2.45) is 0 Å². The molecule has 2 rings (SSSR count). The summed E-state index contributed by atoms with van der Waals surface area (Å²) >= 11 is 0. The van der Waals surface area contributed by atoms with Crippen LogP contribution < -0.4 is 10.6 Å². The molecule has 0 spiro atoms. The molecule has 5 heteroatoms. The first-order chi connectivity index (χ1) is 9.20. The quantitative estimate of drug-likeness (QED) is 0.874. The van der Waals surface area contributed by atoms with Crippen LogP contribution in [0.2, 0.25) is 0 Å². The summed E-state index contributed by atoms with van der Waals surface area (Å²) in [4.78, 5) is 19.5. The molecule has 0 saturated heterocycles. The van der Waals surface area contributed by atoms with Crippen LogP contribution in [0, 0.1) is 6.92 Å². The zero-order valence-corrected chi connectivity index (χ0v) is 11.0.